The van der Waals surface area contributed by atoms with Gasteiger partial charge in [-0.05, 0) is 24.3 Å². The van der Waals surface area contributed by atoms with Crippen LogP contribution < -0.4 is 9.80 Å². The second-order valence-electron chi connectivity index (χ2n) is 7.37. The molecule has 0 amide bonds. The first-order valence-corrected chi connectivity index (χ1v) is 9.85. The topological polar surface area (TPSA) is 51.3 Å². The molecule has 5 rings (SSSR count). The molecule has 29 heavy (non-hydrogen) atoms. The van der Waals surface area contributed by atoms with E-state index in [2.05, 4.69) is 20.0 Å². The predicted octanol–water partition coefficient (Wildman–Crippen LogP) is 1.86. The third-order valence-corrected chi connectivity index (χ3v) is 5.48. The number of benzene rings is 2. The van der Waals surface area contributed by atoms with E-state index >= 15 is 0 Å². The summed E-state index contributed by atoms with van der Waals surface area (Å²) in [6.07, 6.45) is 3.48. The Kier molecular flexibility index (Phi) is 4.65. The van der Waals surface area contributed by atoms with Gasteiger partial charge in [-0.1, -0.05) is 30.3 Å². The van der Waals surface area contributed by atoms with E-state index in [0.717, 1.165) is 55.3 Å². The van der Waals surface area contributed by atoms with Crippen molar-refractivity contribution < 1.29 is 9.29 Å². The highest BCUT2D eigenvalue weighted by atomic mass is 19.1. The molecule has 146 valence electrons. The van der Waals surface area contributed by atoms with Gasteiger partial charge >= 0.3 is 0 Å². The highest BCUT2D eigenvalue weighted by Gasteiger charge is 2.23. The van der Waals surface area contributed by atoms with Crippen molar-refractivity contribution in [2.75, 3.05) is 31.1 Å². The Labute approximate surface area is 168 Å². The first-order chi connectivity index (χ1) is 14.3. The monoisotopic (exact) mass is 389 g/mol. The van der Waals surface area contributed by atoms with Gasteiger partial charge in [-0.15, -0.1) is 0 Å². The molecule has 0 bridgehead atoms. The molecule has 6 nitrogen and oxygen atoms in total. The molecule has 4 aromatic rings. The van der Waals surface area contributed by atoms with Crippen molar-refractivity contribution in [2.45, 2.75) is 6.54 Å². The number of nitrogens with zero attached hydrogens (tertiary/aromatic N) is 5. The second-order valence-corrected chi connectivity index (χ2v) is 7.37. The molecule has 2 aromatic carbocycles. The van der Waals surface area contributed by atoms with Crippen molar-refractivity contribution in [2.24, 2.45) is 0 Å². The molecule has 0 aliphatic carbocycles. The van der Waals surface area contributed by atoms with Crippen molar-refractivity contribution in [3.05, 3.63) is 78.5 Å². The third-order valence-electron chi connectivity index (χ3n) is 5.48. The van der Waals surface area contributed by atoms with Crippen LogP contribution >= 0.6 is 0 Å². The summed E-state index contributed by atoms with van der Waals surface area (Å²) in [5.41, 5.74) is 2.98. The van der Waals surface area contributed by atoms with Crippen LogP contribution in [-0.4, -0.2) is 45.9 Å². The Hall–Kier alpha value is -3.32. The number of piperazine rings is 1. The summed E-state index contributed by atoms with van der Waals surface area (Å²) < 4.78 is 15.0. The Morgan fingerprint density at radius 3 is 2.45 bits per heavy atom. The lowest BCUT2D eigenvalue weighted by Gasteiger charge is -2.33. The second kappa shape index (κ2) is 7.60. The van der Waals surface area contributed by atoms with Gasteiger partial charge in [0, 0.05) is 5.56 Å². The van der Waals surface area contributed by atoms with Crippen molar-refractivity contribution in [1.82, 2.24) is 19.7 Å². The fourth-order valence-electron chi connectivity index (χ4n) is 3.94. The summed E-state index contributed by atoms with van der Waals surface area (Å²) in [5.74, 6) is 0.760. The van der Waals surface area contributed by atoms with Gasteiger partial charge in [-0.2, -0.15) is 5.10 Å². The summed E-state index contributed by atoms with van der Waals surface area (Å²) in [5, 5.41) is 5.52. The lowest BCUT2D eigenvalue weighted by molar-refractivity contribution is -0.914. The quantitative estimate of drug-likeness (QED) is 0.579. The molecule has 0 spiro atoms. The molecule has 1 saturated heterocycles. The van der Waals surface area contributed by atoms with Crippen LogP contribution in [0.5, 0.6) is 0 Å². The Morgan fingerprint density at radius 2 is 1.69 bits per heavy atom. The molecule has 0 unspecified atom stereocenters. The molecule has 1 aliphatic heterocycles. The number of rotatable bonds is 4. The summed E-state index contributed by atoms with van der Waals surface area (Å²) >= 11 is 0. The van der Waals surface area contributed by atoms with Crippen LogP contribution in [0.1, 0.15) is 5.56 Å². The highest BCUT2D eigenvalue weighted by Crippen LogP contribution is 2.24. The number of quaternary nitrogens is 1. The van der Waals surface area contributed by atoms with Gasteiger partial charge < -0.3 is 9.80 Å². The number of nitrogens with one attached hydrogen (secondary N) is 1. The van der Waals surface area contributed by atoms with Gasteiger partial charge in [0.2, 0.25) is 0 Å². The minimum absolute atomic E-state index is 0.183. The number of anilines is 1. The van der Waals surface area contributed by atoms with Gasteiger partial charge in [0.1, 0.15) is 24.5 Å². The summed E-state index contributed by atoms with van der Waals surface area (Å²) in [4.78, 5) is 12.9. The van der Waals surface area contributed by atoms with Crippen LogP contribution in [0, 0.1) is 5.82 Å². The van der Waals surface area contributed by atoms with Crippen LogP contribution in [-0.2, 0) is 6.54 Å². The number of fused-ring (bicyclic) bond motifs is 1. The summed E-state index contributed by atoms with van der Waals surface area (Å²) in [6.45, 7) is 4.77. The molecular weight excluding hydrogens is 367 g/mol. The first-order valence-electron chi connectivity index (χ1n) is 9.85. The number of halogens is 1. The maximum atomic E-state index is 13.1. The normalized spacial score (nSPS) is 15.1. The maximum Gasteiger partial charge on any atom is 0.168 e. The molecule has 0 atom stereocenters. The number of para-hydroxylation sites is 1. The zero-order valence-electron chi connectivity index (χ0n) is 16.0. The fraction of sp³-hybridized carbons (Fsp3) is 0.227. The average molecular weight is 389 g/mol. The van der Waals surface area contributed by atoms with Crippen molar-refractivity contribution in [3.63, 3.8) is 0 Å². The van der Waals surface area contributed by atoms with E-state index in [4.69, 9.17) is 0 Å². The molecule has 0 saturated carbocycles. The SMILES string of the molecule is Fc1ccc(C[NH+]2CCN(c3ncnc4c3cnn4-c3ccccc3)CC2)cc1. The Bertz CT molecular complexity index is 1100. The minimum Gasteiger partial charge on any atom is -0.345 e. The van der Waals surface area contributed by atoms with Crippen molar-refractivity contribution in [3.8, 4) is 5.69 Å². The van der Waals surface area contributed by atoms with Crippen LogP contribution in [0.3, 0.4) is 0 Å². The smallest absolute Gasteiger partial charge is 0.168 e. The highest BCUT2D eigenvalue weighted by molar-refractivity contribution is 5.87. The maximum absolute atomic E-state index is 13.1. The zero-order chi connectivity index (χ0) is 19.6. The molecule has 1 fully saturated rings. The summed E-state index contributed by atoms with van der Waals surface area (Å²) in [6, 6.07) is 16.8. The van der Waals surface area contributed by atoms with E-state index in [1.165, 1.54) is 22.6 Å². The summed E-state index contributed by atoms with van der Waals surface area (Å²) in [7, 11) is 0. The molecule has 1 N–H and O–H groups in total. The zero-order valence-corrected chi connectivity index (χ0v) is 16.0. The van der Waals surface area contributed by atoms with Gasteiger partial charge in [0.05, 0.1) is 43.4 Å². The number of aromatic nitrogens is 4. The van der Waals surface area contributed by atoms with Gasteiger partial charge in [0.25, 0.3) is 0 Å². The van der Waals surface area contributed by atoms with Crippen LogP contribution in [0.15, 0.2) is 67.1 Å². The Morgan fingerprint density at radius 1 is 0.931 bits per heavy atom. The molecular formula is C22H22FN6+. The van der Waals surface area contributed by atoms with E-state index in [1.807, 2.05) is 53.3 Å². The van der Waals surface area contributed by atoms with E-state index in [9.17, 15) is 4.39 Å². The molecule has 3 heterocycles. The molecule has 1 aliphatic rings. The van der Waals surface area contributed by atoms with Gasteiger partial charge in [-0.3, -0.25) is 0 Å². The molecule has 0 radical (unpaired) electrons. The third kappa shape index (κ3) is 3.56. The van der Waals surface area contributed by atoms with Crippen LogP contribution in [0.2, 0.25) is 0 Å². The predicted molar refractivity (Wildman–Crippen MR) is 110 cm³/mol. The minimum atomic E-state index is -0.183. The lowest BCUT2D eigenvalue weighted by atomic mass is 10.2. The van der Waals surface area contributed by atoms with E-state index in [1.54, 1.807) is 6.33 Å². The van der Waals surface area contributed by atoms with E-state index in [-0.39, 0.29) is 5.82 Å². The van der Waals surface area contributed by atoms with E-state index in [0.29, 0.717) is 0 Å². The lowest BCUT2D eigenvalue weighted by Crippen LogP contribution is -3.13. The first kappa shape index (κ1) is 17.8. The number of hydrogen-bond acceptors (Lipinski definition) is 4. The van der Waals surface area contributed by atoms with Gasteiger partial charge in [0.15, 0.2) is 5.65 Å². The van der Waals surface area contributed by atoms with Gasteiger partial charge in [-0.25, -0.2) is 19.0 Å². The molecule has 7 heteroatoms. The van der Waals surface area contributed by atoms with Crippen LogP contribution in [0.25, 0.3) is 16.7 Å². The Balaban J connectivity index is 1.33. The fourth-order valence-corrected chi connectivity index (χ4v) is 3.94. The number of hydrogen-bond donors (Lipinski definition) is 1. The van der Waals surface area contributed by atoms with Crippen molar-refractivity contribution in [1.29, 1.82) is 0 Å². The van der Waals surface area contributed by atoms with E-state index < -0.39 is 0 Å². The van der Waals surface area contributed by atoms with Crippen molar-refractivity contribution >= 4 is 16.9 Å². The molecule has 2 aromatic heterocycles. The van der Waals surface area contributed by atoms with Crippen LogP contribution in [0.4, 0.5) is 10.2 Å². The largest absolute Gasteiger partial charge is 0.345 e. The standard InChI is InChI=1S/C22H21FN6/c23-18-8-6-17(7-9-18)15-27-10-12-28(13-11-27)21-20-14-26-29(22(20)25-16-24-21)19-4-2-1-3-5-19/h1-9,14,16H,10-13,15H2/p+1. The average Bonchev–Trinajstić information content (AvgIpc) is 3.21.